The summed E-state index contributed by atoms with van der Waals surface area (Å²) in [6.45, 7) is 1.81. The number of nitrogens with zero attached hydrogens (tertiary/aromatic N) is 3. The molecule has 19 heavy (non-hydrogen) atoms. The number of ether oxygens (including phenoxy) is 1. The summed E-state index contributed by atoms with van der Waals surface area (Å²) in [4.78, 5) is 18.0. The molecule has 0 radical (unpaired) electrons. The zero-order chi connectivity index (χ0) is 13.8. The van der Waals surface area contributed by atoms with E-state index in [1.165, 1.54) is 12.3 Å². The Morgan fingerprint density at radius 1 is 1.42 bits per heavy atom. The molecular formula is C12H10BrN3O3. The number of rotatable bonds is 4. The van der Waals surface area contributed by atoms with Crippen LogP contribution >= 0.6 is 15.9 Å². The zero-order valence-electron chi connectivity index (χ0n) is 9.99. The molecule has 2 aromatic heterocycles. The summed E-state index contributed by atoms with van der Waals surface area (Å²) in [5.41, 5.74) is 0.879. The van der Waals surface area contributed by atoms with Gasteiger partial charge in [0.05, 0.1) is 4.47 Å². The van der Waals surface area contributed by atoms with Crippen LogP contribution in [0.1, 0.15) is 18.6 Å². The maximum Gasteiger partial charge on any atom is 0.406 e. The first-order chi connectivity index (χ1) is 9.08. The first-order valence-corrected chi connectivity index (χ1v) is 6.23. The third kappa shape index (κ3) is 3.25. The van der Waals surface area contributed by atoms with Gasteiger partial charge in [0.1, 0.15) is 6.10 Å². The molecule has 0 saturated carbocycles. The van der Waals surface area contributed by atoms with Crippen molar-refractivity contribution >= 4 is 21.7 Å². The van der Waals surface area contributed by atoms with Gasteiger partial charge in [-0.1, -0.05) is 0 Å². The fourth-order valence-electron chi connectivity index (χ4n) is 1.53. The van der Waals surface area contributed by atoms with Crippen LogP contribution in [0.15, 0.2) is 41.3 Å². The van der Waals surface area contributed by atoms with Crippen molar-refractivity contribution in [3.63, 3.8) is 0 Å². The summed E-state index contributed by atoms with van der Waals surface area (Å²) < 4.78 is 6.23. The largest absolute Gasteiger partial charge is 0.478 e. The monoisotopic (exact) mass is 323 g/mol. The molecule has 0 bridgehead atoms. The van der Waals surface area contributed by atoms with Gasteiger partial charge in [-0.15, -0.1) is 0 Å². The molecule has 0 aliphatic heterocycles. The first-order valence-electron chi connectivity index (χ1n) is 5.44. The van der Waals surface area contributed by atoms with Crippen molar-refractivity contribution in [1.29, 1.82) is 0 Å². The van der Waals surface area contributed by atoms with Crippen molar-refractivity contribution in [2.45, 2.75) is 13.0 Å². The minimum atomic E-state index is -0.568. The van der Waals surface area contributed by atoms with Gasteiger partial charge < -0.3 is 14.9 Å². The zero-order valence-corrected chi connectivity index (χ0v) is 11.6. The maximum atomic E-state index is 10.9. The van der Waals surface area contributed by atoms with Crippen molar-refractivity contribution < 1.29 is 9.66 Å². The third-order valence-electron chi connectivity index (χ3n) is 2.45. The Bertz CT molecular complexity index is 592. The Hall–Kier alpha value is -2.02. The highest BCUT2D eigenvalue weighted by molar-refractivity contribution is 9.10. The van der Waals surface area contributed by atoms with Gasteiger partial charge in [0.2, 0.25) is 5.75 Å². The van der Waals surface area contributed by atoms with E-state index >= 15 is 0 Å². The molecule has 2 rings (SSSR count). The molecule has 0 amide bonds. The Morgan fingerprint density at radius 3 is 2.74 bits per heavy atom. The summed E-state index contributed by atoms with van der Waals surface area (Å²) in [7, 11) is 0. The lowest BCUT2D eigenvalue weighted by Crippen LogP contribution is -2.06. The van der Waals surface area contributed by atoms with Crippen molar-refractivity contribution in [2.75, 3.05) is 0 Å². The summed E-state index contributed by atoms with van der Waals surface area (Å²) in [5.74, 6) is -0.173. The summed E-state index contributed by atoms with van der Waals surface area (Å²) in [6, 6.07) is 5.12. The molecule has 98 valence electrons. The predicted molar refractivity (Wildman–Crippen MR) is 71.9 cm³/mol. The molecule has 6 nitrogen and oxygen atoms in total. The molecule has 0 spiro atoms. The van der Waals surface area contributed by atoms with Gasteiger partial charge in [-0.2, -0.15) is 0 Å². The van der Waals surface area contributed by atoms with Gasteiger partial charge in [-0.3, -0.25) is 4.98 Å². The van der Waals surface area contributed by atoms with E-state index in [1.807, 2.05) is 0 Å². The number of nitro groups is 1. The highest BCUT2D eigenvalue weighted by Gasteiger charge is 2.20. The lowest BCUT2D eigenvalue weighted by Gasteiger charge is -2.14. The van der Waals surface area contributed by atoms with Crippen LogP contribution in [-0.4, -0.2) is 14.9 Å². The van der Waals surface area contributed by atoms with Gasteiger partial charge in [-0.05, 0) is 50.5 Å². The van der Waals surface area contributed by atoms with E-state index in [4.69, 9.17) is 4.74 Å². The molecule has 2 aromatic rings. The van der Waals surface area contributed by atoms with Crippen molar-refractivity contribution in [2.24, 2.45) is 0 Å². The third-order valence-corrected chi connectivity index (χ3v) is 2.89. The molecular weight excluding hydrogens is 314 g/mol. The molecule has 0 aliphatic carbocycles. The molecule has 2 heterocycles. The van der Waals surface area contributed by atoms with Gasteiger partial charge in [0.15, 0.2) is 6.20 Å². The second-order valence-corrected chi connectivity index (χ2v) is 4.69. The molecule has 1 unspecified atom stereocenters. The standard InChI is InChI=1S/C12H10BrN3O3/c1-8(9-2-4-14-5-3-9)19-11-6-10(13)7-15-12(11)16(17)18/h2-8H,1H3. The normalized spacial score (nSPS) is 11.9. The highest BCUT2D eigenvalue weighted by Crippen LogP contribution is 2.31. The van der Waals surface area contributed by atoms with Gasteiger partial charge >= 0.3 is 5.82 Å². The van der Waals surface area contributed by atoms with Crippen molar-refractivity contribution in [3.8, 4) is 5.75 Å². The highest BCUT2D eigenvalue weighted by atomic mass is 79.9. The summed E-state index contributed by atoms with van der Waals surface area (Å²) >= 11 is 3.22. The fourth-order valence-corrected chi connectivity index (χ4v) is 1.84. The average Bonchev–Trinajstić information content (AvgIpc) is 2.39. The summed E-state index contributed by atoms with van der Waals surface area (Å²) in [5, 5.41) is 10.9. The van der Waals surface area contributed by atoms with E-state index in [9.17, 15) is 10.1 Å². The van der Waals surface area contributed by atoms with Gasteiger partial charge in [0.25, 0.3) is 0 Å². The second-order valence-electron chi connectivity index (χ2n) is 3.77. The van der Waals surface area contributed by atoms with E-state index in [0.717, 1.165) is 5.56 Å². The molecule has 1 atom stereocenters. The number of hydrogen-bond acceptors (Lipinski definition) is 5. The van der Waals surface area contributed by atoms with E-state index in [1.54, 1.807) is 31.5 Å². The van der Waals surface area contributed by atoms with E-state index in [2.05, 4.69) is 25.9 Å². The molecule has 0 aromatic carbocycles. The Kier molecular flexibility index (Phi) is 4.06. The second kappa shape index (κ2) is 5.75. The van der Waals surface area contributed by atoms with E-state index in [0.29, 0.717) is 4.47 Å². The van der Waals surface area contributed by atoms with Crippen LogP contribution in [-0.2, 0) is 0 Å². The Balaban J connectivity index is 2.28. The lowest BCUT2D eigenvalue weighted by atomic mass is 10.2. The average molecular weight is 324 g/mol. The van der Waals surface area contributed by atoms with E-state index in [-0.39, 0.29) is 17.7 Å². The SMILES string of the molecule is CC(Oc1cc(Br)cnc1[N+](=O)[O-])c1ccncc1. The molecule has 0 saturated heterocycles. The molecule has 0 fully saturated rings. The predicted octanol–water partition coefficient (Wildman–Crippen LogP) is 3.29. The van der Waals surface area contributed by atoms with Gasteiger partial charge in [0, 0.05) is 18.5 Å². The number of aromatic nitrogens is 2. The molecule has 7 heteroatoms. The Morgan fingerprint density at radius 2 is 2.11 bits per heavy atom. The molecule has 0 aliphatic rings. The van der Waals surface area contributed by atoms with Crippen LogP contribution in [0.2, 0.25) is 0 Å². The lowest BCUT2D eigenvalue weighted by molar-refractivity contribution is -0.390. The van der Waals surface area contributed by atoms with Crippen LogP contribution < -0.4 is 4.74 Å². The smallest absolute Gasteiger partial charge is 0.406 e. The minimum absolute atomic E-state index is 0.128. The summed E-state index contributed by atoms with van der Waals surface area (Å²) in [6.07, 6.45) is 4.31. The van der Waals surface area contributed by atoms with Crippen molar-refractivity contribution in [3.05, 3.63) is 56.9 Å². The molecule has 0 N–H and O–H groups in total. The van der Waals surface area contributed by atoms with Gasteiger partial charge in [-0.25, -0.2) is 0 Å². The van der Waals surface area contributed by atoms with Crippen molar-refractivity contribution in [1.82, 2.24) is 9.97 Å². The number of halogens is 1. The van der Waals surface area contributed by atoms with Crippen LogP contribution in [0.3, 0.4) is 0 Å². The van der Waals surface area contributed by atoms with Crippen LogP contribution in [0, 0.1) is 10.1 Å². The minimum Gasteiger partial charge on any atom is -0.478 e. The van der Waals surface area contributed by atoms with E-state index < -0.39 is 4.92 Å². The maximum absolute atomic E-state index is 10.9. The van der Waals surface area contributed by atoms with Crippen LogP contribution in [0.25, 0.3) is 0 Å². The number of hydrogen-bond donors (Lipinski definition) is 0. The number of pyridine rings is 2. The Labute approximate surface area is 117 Å². The van der Waals surface area contributed by atoms with Crippen LogP contribution in [0.4, 0.5) is 5.82 Å². The quantitative estimate of drug-likeness (QED) is 0.637. The topological polar surface area (TPSA) is 78.2 Å². The first kappa shape index (κ1) is 13.4. The fraction of sp³-hybridized carbons (Fsp3) is 0.167. The van der Waals surface area contributed by atoms with Crippen LogP contribution in [0.5, 0.6) is 5.75 Å².